The van der Waals surface area contributed by atoms with Gasteiger partial charge in [0.05, 0.1) is 25.3 Å². The van der Waals surface area contributed by atoms with Crippen LogP contribution in [0, 0.1) is 0 Å². The SMILES string of the molecule is O=C(CCOC1C=CCCC1)O/N=C\c1ccccc1. The van der Waals surface area contributed by atoms with Crippen LogP contribution in [0.2, 0.25) is 0 Å². The molecule has 106 valence electrons. The van der Waals surface area contributed by atoms with Crippen LogP contribution in [0.25, 0.3) is 0 Å². The van der Waals surface area contributed by atoms with Crippen molar-refractivity contribution >= 4 is 12.2 Å². The number of hydrogen-bond acceptors (Lipinski definition) is 4. The first kappa shape index (κ1) is 14.5. The normalized spacial score (nSPS) is 18.3. The summed E-state index contributed by atoms with van der Waals surface area (Å²) in [5, 5.41) is 3.66. The van der Waals surface area contributed by atoms with Crippen LogP contribution in [-0.2, 0) is 14.4 Å². The van der Waals surface area contributed by atoms with E-state index in [4.69, 9.17) is 9.57 Å². The molecule has 0 saturated carbocycles. The summed E-state index contributed by atoms with van der Waals surface area (Å²) in [4.78, 5) is 16.2. The molecule has 1 aliphatic rings. The Labute approximate surface area is 119 Å². The summed E-state index contributed by atoms with van der Waals surface area (Å²) in [7, 11) is 0. The maximum atomic E-state index is 11.4. The molecule has 0 amide bonds. The minimum absolute atomic E-state index is 0.143. The van der Waals surface area contributed by atoms with Crippen molar-refractivity contribution in [2.45, 2.75) is 31.8 Å². The Morgan fingerprint density at radius 3 is 2.95 bits per heavy atom. The molecule has 20 heavy (non-hydrogen) atoms. The van der Waals surface area contributed by atoms with Crippen LogP contribution in [-0.4, -0.2) is 24.9 Å². The van der Waals surface area contributed by atoms with E-state index < -0.39 is 0 Å². The average Bonchev–Trinajstić information content (AvgIpc) is 2.49. The third-order valence-corrected chi connectivity index (χ3v) is 3.00. The molecule has 0 bridgehead atoms. The molecule has 2 rings (SSSR count). The molecule has 0 heterocycles. The number of carbonyl (C=O) groups excluding carboxylic acids is 1. The van der Waals surface area contributed by atoms with Crippen molar-refractivity contribution in [2.24, 2.45) is 5.16 Å². The smallest absolute Gasteiger partial charge is 0.337 e. The first-order valence-electron chi connectivity index (χ1n) is 6.91. The van der Waals surface area contributed by atoms with Crippen LogP contribution < -0.4 is 0 Å². The Morgan fingerprint density at radius 2 is 2.20 bits per heavy atom. The second-order valence-electron chi connectivity index (χ2n) is 4.63. The van der Waals surface area contributed by atoms with E-state index in [0.29, 0.717) is 6.61 Å². The van der Waals surface area contributed by atoms with E-state index in [9.17, 15) is 4.79 Å². The van der Waals surface area contributed by atoms with Crippen LogP contribution in [0.4, 0.5) is 0 Å². The Bertz CT molecular complexity index is 468. The first-order chi connectivity index (χ1) is 9.84. The largest absolute Gasteiger partial charge is 0.374 e. The van der Waals surface area contributed by atoms with Crippen LogP contribution in [0.3, 0.4) is 0 Å². The number of nitrogens with zero attached hydrogens (tertiary/aromatic N) is 1. The summed E-state index contributed by atoms with van der Waals surface area (Å²) in [5.41, 5.74) is 0.892. The summed E-state index contributed by atoms with van der Waals surface area (Å²) in [5.74, 6) is -0.378. The van der Waals surface area contributed by atoms with Gasteiger partial charge in [0, 0.05) is 0 Å². The number of allylic oxidation sites excluding steroid dienone is 1. The highest BCUT2D eigenvalue weighted by atomic mass is 16.7. The summed E-state index contributed by atoms with van der Waals surface area (Å²) in [6.07, 6.45) is 9.35. The minimum Gasteiger partial charge on any atom is -0.374 e. The van der Waals surface area contributed by atoms with Crippen LogP contribution >= 0.6 is 0 Å². The van der Waals surface area contributed by atoms with Gasteiger partial charge in [0.25, 0.3) is 0 Å². The summed E-state index contributed by atoms with van der Waals surface area (Å²) in [6, 6.07) is 9.48. The maximum absolute atomic E-state index is 11.4. The van der Waals surface area contributed by atoms with Gasteiger partial charge in [-0.1, -0.05) is 47.6 Å². The van der Waals surface area contributed by atoms with Gasteiger partial charge >= 0.3 is 5.97 Å². The molecule has 0 radical (unpaired) electrons. The van der Waals surface area contributed by atoms with Gasteiger partial charge in [-0.15, -0.1) is 0 Å². The zero-order chi connectivity index (χ0) is 14.0. The molecule has 1 aliphatic carbocycles. The molecule has 4 nitrogen and oxygen atoms in total. The van der Waals surface area contributed by atoms with Gasteiger partial charge < -0.3 is 9.57 Å². The lowest BCUT2D eigenvalue weighted by Crippen LogP contribution is -2.15. The molecule has 1 aromatic carbocycles. The first-order valence-corrected chi connectivity index (χ1v) is 6.91. The van der Waals surface area contributed by atoms with Gasteiger partial charge in [-0.2, -0.15) is 0 Å². The van der Waals surface area contributed by atoms with Gasteiger partial charge in [-0.3, -0.25) is 0 Å². The number of oxime groups is 1. The van der Waals surface area contributed by atoms with E-state index in [1.165, 1.54) is 6.21 Å². The number of ether oxygens (including phenoxy) is 1. The van der Waals surface area contributed by atoms with Crippen molar-refractivity contribution < 1.29 is 14.4 Å². The van der Waals surface area contributed by atoms with E-state index in [1.807, 2.05) is 30.3 Å². The van der Waals surface area contributed by atoms with Gasteiger partial charge in [-0.05, 0) is 24.8 Å². The van der Waals surface area contributed by atoms with Crippen molar-refractivity contribution in [1.82, 2.24) is 0 Å². The van der Waals surface area contributed by atoms with Gasteiger partial charge in [0.1, 0.15) is 0 Å². The molecule has 4 heteroatoms. The molecule has 0 aliphatic heterocycles. The lowest BCUT2D eigenvalue weighted by molar-refractivity contribution is -0.145. The van der Waals surface area contributed by atoms with Crippen molar-refractivity contribution in [3.8, 4) is 0 Å². The van der Waals surface area contributed by atoms with E-state index in [1.54, 1.807) is 0 Å². The molecule has 0 fully saturated rings. The highest BCUT2D eigenvalue weighted by Gasteiger charge is 2.10. The van der Waals surface area contributed by atoms with E-state index in [2.05, 4.69) is 17.3 Å². The van der Waals surface area contributed by atoms with Crippen LogP contribution in [0.15, 0.2) is 47.6 Å². The fraction of sp³-hybridized carbons (Fsp3) is 0.375. The molecule has 0 spiro atoms. The van der Waals surface area contributed by atoms with Gasteiger partial charge in [0.2, 0.25) is 0 Å². The third-order valence-electron chi connectivity index (χ3n) is 3.00. The van der Waals surface area contributed by atoms with Crippen molar-refractivity contribution in [3.05, 3.63) is 48.0 Å². The standard InChI is InChI=1S/C16H19NO3/c18-16(11-12-19-15-9-5-2-6-10-15)20-17-13-14-7-3-1-4-8-14/h1,3-5,7-9,13,15H,2,6,10-12H2/b17-13-. The van der Waals surface area contributed by atoms with E-state index >= 15 is 0 Å². The fourth-order valence-corrected chi connectivity index (χ4v) is 1.94. The highest BCUT2D eigenvalue weighted by Crippen LogP contribution is 2.13. The quantitative estimate of drug-likeness (QED) is 0.346. The maximum Gasteiger partial charge on any atom is 0.337 e. The van der Waals surface area contributed by atoms with Crippen molar-refractivity contribution in [3.63, 3.8) is 0 Å². The van der Waals surface area contributed by atoms with Gasteiger partial charge in [-0.25, -0.2) is 4.79 Å². The Balaban J connectivity index is 1.62. The molecule has 0 aromatic heterocycles. The zero-order valence-corrected chi connectivity index (χ0v) is 11.4. The zero-order valence-electron chi connectivity index (χ0n) is 11.4. The molecule has 0 N–H and O–H groups in total. The van der Waals surface area contributed by atoms with E-state index in [0.717, 1.165) is 24.8 Å². The number of rotatable bonds is 6. The second-order valence-corrected chi connectivity index (χ2v) is 4.63. The topological polar surface area (TPSA) is 47.9 Å². The summed E-state index contributed by atoms with van der Waals surface area (Å²) < 4.78 is 5.58. The molecule has 1 aromatic rings. The Kier molecular flexibility index (Phi) is 5.99. The van der Waals surface area contributed by atoms with Crippen molar-refractivity contribution in [2.75, 3.05) is 6.61 Å². The number of carbonyl (C=O) groups is 1. The molecule has 1 unspecified atom stereocenters. The predicted octanol–water partition coefficient (Wildman–Crippen LogP) is 3.08. The number of hydrogen-bond donors (Lipinski definition) is 0. The average molecular weight is 273 g/mol. The minimum atomic E-state index is -0.378. The van der Waals surface area contributed by atoms with E-state index in [-0.39, 0.29) is 18.5 Å². The monoisotopic (exact) mass is 273 g/mol. The molecule has 0 saturated heterocycles. The van der Waals surface area contributed by atoms with Crippen molar-refractivity contribution in [1.29, 1.82) is 0 Å². The lowest BCUT2D eigenvalue weighted by atomic mass is 10.1. The number of benzene rings is 1. The third kappa shape index (κ3) is 5.36. The molecule has 1 atom stereocenters. The lowest BCUT2D eigenvalue weighted by Gasteiger charge is -2.16. The molecular formula is C16H19NO3. The summed E-state index contributed by atoms with van der Waals surface area (Å²) in [6.45, 7) is 0.370. The second kappa shape index (κ2) is 8.27. The highest BCUT2D eigenvalue weighted by molar-refractivity contribution is 5.80. The fourth-order valence-electron chi connectivity index (χ4n) is 1.94. The summed E-state index contributed by atoms with van der Waals surface area (Å²) >= 11 is 0. The van der Waals surface area contributed by atoms with Gasteiger partial charge in [0.15, 0.2) is 0 Å². The van der Waals surface area contributed by atoms with Crippen LogP contribution in [0.1, 0.15) is 31.2 Å². The predicted molar refractivity (Wildman–Crippen MR) is 77.5 cm³/mol. The molecular weight excluding hydrogens is 254 g/mol. The Hall–Kier alpha value is -1.94. The van der Waals surface area contributed by atoms with Crippen LogP contribution in [0.5, 0.6) is 0 Å². The Morgan fingerprint density at radius 1 is 1.35 bits per heavy atom.